The van der Waals surface area contributed by atoms with Gasteiger partial charge >= 0.3 is 6.18 Å². The van der Waals surface area contributed by atoms with Crippen molar-refractivity contribution in [3.05, 3.63) is 59.0 Å². The fourth-order valence-electron chi connectivity index (χ4n) is 4.35. The summed E-state index contributed by atoms with van der Waals surface area (Å²) >= 11 is 6.38. The number of aromatic nitrogens is 6. The molecule has 0 radical (unpaired) electrons. The lowest BCUT2D eigenvalue weighted by Crippen LogP contribution is -2.46. The number of fused-ring (bicyclic) bond motifs is 1. The molecule has 1 aliphatic heterocycles. The van der Waals surface area contributed by atoms with Gasteiger partial charge in [-0.15, -0.1) is 0 Å². The summed E-state index contributed by atoms with van der Waals surface area (Å²) in [5.41, 5.74) is 1.36. The van der Waals surface area contributed by atoms with Gasteiger partial charge in [-0.1, -0.05) is 35.9 Å². The summed E-state index contributed by atoms with van der Waals surface area (Å²) in [6.07, 6.45) is -3.34. The van der Waals surface area contributed by atoms with Gasteiger partial charge in [-0.3, -0.25) is 14.4 Å². The summed E-state index contributed by atoms with van der Waals surface area (Å²) in [4.78, 5) is 18.1. The van der Waals surface area contributed by atoms with Crippen molar-refractivity contribution in [2.75, 3.05) is 4.90 Å². The molecule has 3 aromatic heterocycles. The van der Waals surface area contributed by atoms with Crippen LogP contribution < -0.4 is 4.90 Å². The normalized spacial score (nSPS) is 16.1. The average Bonchev–Trinajstić information content (AvgIpc) is 3.53. The molecule has 0 spiro atoms. The van der Waals surface area contributed by atoms with Crippen molar-refractivity contribution in [1.82, 2.24) is 29.1 Å². The van der Waals surface area contributed by atoms with Gasteiger partial charge in [-0.2, -0.15) is 23.4 Å². The number of amides is 1. The first-order valence-electron chi connectivity index (χ1n) is 11.4. The van der Waals surface area contributed by atoms with Crippen LogP contribution in [0.2, 0.25) is 5.02 Å². The number of nitrogens with zero attached hydrogens (tertiary/aromatic N) is 7. The van der Waals surface area contributed by atoms with Crippen LogP contribution in [0.15, 0.2) is 42.7 Å². The Balaban J connectivity index is 1.45. The first-order valence-corrected chi connectivity index (χ1v) is 11.8. The third kappa shape index (κ3) is 4.51. The highest BCUT2D eigenvalue weighted by Gasteiger charge is 2.35. The number of aliphatic hydroxyl groups excluding tert-OH is 1. The number of alkyl halides is 3. The van der Waals surface area contributed by atoms with E-state index in [1.807, 2.05) is 13.8 Å². The number of hydrogen-bond acceptors (Lipinski definition) is 5. The van der Waals surface area contributed by atoms with E-state index in [9.17, 15) is 23.1 Å². The molecule has 1 atom stereocenters. The lowest BCUT2D eigenvalue weighted by molar-refractivity contribution is -0.140. The summed E-state index contributed by atoms with van der Waals surface area (Å²) < 4.78 is 43.7. The van der Waals surface area contributed by atoms with E-state index in [0.717, 1.165) is 6.20 Å². The zero-order valence-electron chi connectivity index (χ0n) is 20.1. The second kappa shape index (κ2) is 9.03. The van der Waals surface area contributed by atoms with Gasteiger partial charge in [0.25, 0.3) is 5.91 Å². The molecule has 0 fully saturated rings. The maximum absolute atomic E-state index is 13.0. The zero-order chi connectivity index (χ0) is 26.6. The molecule has 0 bridgehead atoms. The number of aryl methyl sites for hydroxylation is 1. The molecule has 0 saturated carbocycles. The van der Waals surface area contributed by atoms with Crippen LogP contribution in [0, 0.1) is 0 Å². The number of hydrogen-bond donors (Lipinski definition) is 1. The maximum Gasteiger partial charge on any atom is 0.434 e. The molecule has 1 aromatic carbocycles. The predicted molar refractivity (Wildman–Crippen MR) is 130 cm³/mol. The minimum atomic E-state index is -4.54. The van der Waals surface area contributed by atoms with Crippen LogP contribution in [0.3, 0.4) is 0 Å². The van der Waals surface area contributed by atoms with E-state index in [0.29, 0.717) is 33.4 Å². The molecule has 13 heteroatoms. The van der Waals surface area contributed by atoms with Gasteiger partial charge in [-0.05, 0) is 19.4 Å². The molecule has 1 amide bonds. The van der Waals surface area contributed by atoms with Crippen LogP contribution >= 0.6 is 11.6 Å². The molecule has 1 aliphatic rings. The highest BCUT2D eigenvalue weighted by atomic mass is 35.5. The second-order valence-electron chi connectivity index (χ2n) is 9.14. The third-order valence-corrected chi connectivity index (χ3v) is 6.41. The third-order valence-electron chi connectivity index (χ3n) is 6.13. The molecule has 4 aromatic rings. The van der Waals surface area contributed by atoms with Gasteiger partial charge in [-0.25, -0.2) is 9.67 Å². The maximum atomic E-state index is 13.0. The number of benzene rings is 1. The van der Waals surface area contributed by atoms with Gasteiger partial charge in [0, 0.05) is 30.9 Å². The summed E-state index contributed by atoms with van der Waals surface area (Å²) in [7, 11) is 1.50. The Labute approximate surface area is 214 Å². The van der Waals surface area contributed by atoms with Gasteiger partial charge in [0.2, 0.25) is 0 Å². The van der Waals surface area contributed by atoms with Crippen molar-refractivity contribution >= 4 is 23.3 Å². The van der Waals surface area contributed by atoms with Gasteiger partial charge in [0.1, 0.15) is 23.0 Å². The van der Waals surface area contributed by atoms with E-state index in [4.69, 9.17) is 11.6 Å². The molecule has 4 heterocycles. The monoisotopic (exact) mass is 533 g/mol. The van der Waals surface area contributed by atoms with Gasteiger partial charge < -0.3 is 9.67 Å². The lowest BCUT2D eigenvalue weighted by atomic mass is 10.1. The molecule has 9 nitrogen and oxygen atoms in total. The standard InChI is InChI=1S/C24H23ClF3N7O2/c1-13(2)35-21(16(25)9-29-35)17-8-20-33(23(37)18(36)11-34(20)31-17)10-14-4-6-15(7-5-14)22-30-19(12-32(22)3)24(26,27)28/h4-9,12-13,18,36H,10-11H2,1-3H3. The minimum Gasteiger partial charge on any atom is -0.381 e. The zero-order valence-corrected chi connectivity index (χ0v) is 20.9. The summed E-state index contributed by atoms with van der Waals surface area (Å²) in [5, 5.41) is 19.7. The molecule has 194 valence electrons. The Kier molecular flexibility index (Phi) is 6.11. The fraction of sp³-hybridized carbons (Fsp3) is 0.333. The van der Waals surface area contributed by atoms with Gasteiger partial charge in [0.15, 0.2) is 11.8 Å². The molecule has 5 rings (SSSR count). The Morgan fingerprint density at radius 1 is 1.22 bits per heavy atom. The van der Waals surface area contributed by atoms with Crippen molar-refractivity contribution in [1.29, 1.82) is 0 Å². The number of imidazole rings is 1. The number of aliphatic hydroxyl groups is 1. The van der Waals surface area contributed by atoms with E-state index < -0.39 is 23.9 Å². The molecule has 37 heavy (non-hydrogen) atoms. The van der Waals surface area contributed by atoms with Crippen molar-refractivity contribution < 1.29 is 23.1 Å². The fourth-order valence-corrected chi connectivity index (χ4v) is 4.58. The molecule has 0 aliphatic carbocycles. The second-order valence-corrected chi connectivity index (χ2v) is 9.55. The van der Waals surface area contributed by atoms with Gasteiger partial charge in [0.05, 0.1) is 24.3 Å². The Hall–Kier alpha value is -3.64. The van der Waals surface area contributed by atoms with Crippen molar-refractivity contribution in [3.8, 4) is 22.8 Å². The van der Waals surface area contributed by atoms with Crippen LogP contribution in [-0.2, 0) is 31.1 Å². The molecule has 1 N–H and O–H groups in total. The number of halogens is 4. The lowest BCUT2D eigenvalue weighted by Gasteiger charge is -2.30. The first-order chi connectivity index (χ1) is 17.4. The topological polar surface area (TPSA) is 94.0 Å². The van der Waals surface area contributed by atoms with E-state index in [1.165, 1.54) is 22.7 Å². The van der Waals surface area contributed by atoms with Crippen LogP contribution in [0.25, 0.3) is 22.8 Å². The van der Waals surface area contributed by atoms with Crippen LogP contribution in [-0.4, -0.2) is 46.2 Å². The largest absolute Gasteiger partial charge is 0.434 e. The number of anilines is 1. The Bertz CT molecular complexity index is 1470. The van der Waals surface area contributed by atoms with E-state index in [-0.39, 0.29) is 25.0 Å². The quantitative estimate of drug-likeness (QED) is 0.413. The van der Waals surface area contributed by atoms with E-state index >= 15 is 0 Å². The smallest absolute Gasteiger partial charge is 0.381 e. The SMILES string of the molecule is CC(C)n1ncc(Cl)c1-c1cc2n(n1)CC(O)C(=O)N2Cc1ccc(-c2nc(C(F)(F)F)cn2C)cc1. The predicted octanol–water partition coefficient (Wildman–Crippen LogP) is 4.31. The van der Waals surface area contributed by atoms with Crippen molar-refractivity contribution in [3.63, 3.8) is 0 Å². The van der Waals surface area contributed by atoms with Crippen molar-refractivity contribution in [2.24, 2.45) is 7.05 Å². The highest BCUT2D eigenvalue weighted by molar-refractivity contribution is 6.33. The number of carbonyl (C=O) groups excluding carboxylic acids is 1. The Morgan fingerprint density at radius 2 is 1.92 bits per heavy atom. The Morgan fingerprint density at radius 3 is 2.54 bits per heavy atom. The highest BCUT2D eigenvalue weighted by Crippen LogP contribution is 2.34. The average molecular weight is 534 g/mol. The molecular weight excluding hydrogens is 511 g/mol. The molecular formula is C24H23ClF3N7O2. The minimum absolute atomic E-state index is 0.00225. The number of rotatable bonds is 5. The van der Waals surface area contributed by atoms with E-state index in [1.54, 1.807) is 39.7 Å². The summed E-state index contributed by atoms with van der Waals surface area (Å²) in [5.74, 6) is 0.177. The van der Waals surface area contributed by atoms with Crippen LogP contribution in [0.5, 0.6) is 0 Å². The first kappa shape index (κ1) is 25.0. The molecule has 0 saturated heterocycles. The van der Waals surface area contributed by atoms with E-state index in [2.05, 4.69) is 15.2 Å². The molecule has 1 unspecified atom stereocenters. The van der Waals surface area contributed by atoms with Crippen molar-refractivity contribution in [2.45, 2.75) is 45.3 Å². The van der Waals surface area contributed by atoms with Crippen LogP contribution in [0.4, 0.5) is 19.0 Å². The number of carbonyl (C=O) groups is 1. The summed E-state index contributed by atoms with van der Waals surface area (Å²) in [6.45, 7) is 4.03. The summed E-state index contributed by atoms with van der Waals surface area (Å²) in [6, 6.07) is 8.45. The van der Waals surface area contributed by atoms with Crippen LogP contribution in [0.1, 0.15) is 31.1 Å².